The van der Waals surface area contributed by atoms with Crippen LogP contribution >= 0.6 is 10.7 Å². The van der Waals surface area contributed by atoms with Crippen LogP contribution in [-0.4, -0.2) is 15.0 Å². The van der Waals surface area contributed by atoms with E-state index in [1.54, 1.807) is 19.9 Å². The second kappa shape index (κ2) is 3.93. The first-order chi connectivity index (χ1) is 7.41. The Labute approximate surface area is 99.8 Å². The Hall–Kier alpha value is -0.740. The highest BCUT2D eigenvalue weighted by molar-refractivity contribution is 8.13. The van der Waals surface area contributed by atoms with Gasteiger partial charge in [-0.3, -0.25) is 0 Å². The van der Waals surface area contributed by atoms with Gasteiger partial charge in [0.05, 0.1) is 11.5 Å². The smallest absolute Gasteiger partial charge is 0.261 e. The summed E-state index contributed by atoms with van der Waals surface area (Å²) in [6.45, 7) is 4.22. The van der Waals surface area contributed by atoms with Gasteiger partial charge in [0, 0.05) is 10.7 Å². The van der Waals surface area contributed by atoms with Gasteiger partial charge < -0.3 is 4.74 Å². The van der Waals surface area contributed by atoms with Gasteiger partial charge >= 0.3 is 0 Å². The van der Waals surface area contributed by atoms with Crippen molar-refractivity contribution < 1.29 is 13.2 Å². The van der Waals surface area contributed by atoms with E-state index in [1.807, 2.05) is 0 Å². The van der Waals surface area contributed by atoms with Crippen molar-refractivity contribution in [2.24, 2.45) is 0 Å². The van der Waals surface area contributed by atoms with Gasteiger partial charge in [0.15, 0.2) is 0 Å². The maximum Gasteiger partial charge on any atom is 0.261 e. The molecule has 0 atom stereocenters. The van der Waals surface area contributed by atoms with Crippen LogP contribution in [0.1, 0.15) is 23.1 Å². The summed E-state index contributed by atoms with van der Waals surface area (Å²) in [7, 11) is 1.76. The first-order valence-corrected chi connectivity index (χ1v) is 7.42. The van der Waals surface area contributed by atoms with Gasteiger partial charge in [0.2, 0.25) is 0 Å². The van der Waals surface area contributed by atoms with Crippen LogP contribution in [0.25, 0.3) is 0 Å². The van der Waals surface area contributed by atoms with Gasteiger partial charge in [0.1, 0.15) is 5.75 Å². The molecule has 1 aromatic carbocycles. The SMILES string of the molecule is Cc1cc2c(c(C)c1S(=O)(=O)Cl)CCCO2. The Morgan fingerprint density at radius 2 is 2.06 bits per heavy atom. The normalized spacial score (nSPS) is 15.4. The van der Waals surface area contributed by atoms with Crippen LogP contribution in [0, 0.1) is 13.8 Å². The van der Waals surface area contributed by atoms with E-state index in [4.69, 9.17) is 15.4 Å². The molecule has 88 valence electrons. The molecule has 0 fully saturated rings. The molecular weight excluding hydrogens is 248 g/mol. The zero-order valence-corrected chi connectivity index (χ0v) is 10.8. The van der Waals surface area contributed by atoms with Crippen molar-refractivity contribution in [2.75, 3.05) is 6.61 Å². The monoisotopic (exact) mass is 260 g/mol. The molecule has 0 amide bonds. The van der Waals surface area contributed by atoms with E-state index in [0.717, 1.165) is 29.7 Å². The summed E-state index contributed by atoms with van der Waals surface area (Å²) in [5.74, 6) is 0.797. The van der Waals surface area contributed by atoms with E-state index in [-0.39, 0.29) is 4.90 Å². The number of fused-ring (bicyclic) bond motifs is 1. The van der Waals surface area contributed by atoms with Crippen molar-refractivity contribution in [3.63, 3.8) is 0 Å². The van der Waals surface area contributed by atoms with E-state index >= 15 is 0 Å². The quantitative estimate of drug-likeness (QED) is 0.729. The molecule has 1 aliphatic heterocycles. The van der Waals surface area contributed by atoms with Crippen LogP contribution in [0.15, 0.2) is 11.0 Å². The first kappa shape index (κ1) is 11.7. The number of benzene rings is 1. The van der Waals surface area contributed by atoms with Crippen LogP contribution < -0.4 is 4.74 Å². The van der Waals surface area contributed by atoms with Crippen molar-refractivity contribution in [3.8, 4) is 5.75 Å². The topological polar surface area (TPSA) is 43.4 Å². The minimum Gasteiger partial charge on any atom is -0.493 e. The maximum absolute atomic E-state index is 11.5. The van der Waals surface area contributed by atoms with Crippen LogP contribution in [0.5, 0.6) is 5.75 Å². The fraction of sp³-hybridized carbons (Fsp3) is 0.455. The molecule has 0 spiro atoms. The van der Waals surface area contributed by atoms with Crippen molar-refractivity contribution in [3.05, 3.63) is 22.8 Å². The van der Waals surface area contributed by atoms with E-state index in [0.29, 0.717) is 12.2 Å². The Morgan fingerprint density at radius 3 is 2.69 bits per heavy atom. The average molecular weight is 261 g/mol. The van der Waals surface area contributed by atoms with Gasteiger partial charge in [-0.05, 0) is 49.4 Å². The second-order valence-electron chi connectivity index (χ2n) is 4.01. The van der Waals surface area contributed by atoms with E-state index in [2.05, 4.69) is 0 Å². The number of rotatable bonds is 1. The molecule has 1 heterocycles. The largest absolute Gasteiger partial charge is 0.493 e. The first-order valence-electron chi connectivity index (χ1n) is 5.12. The number of hydrogen-bond donors (Lipinski definition) is 0. The molecular formula is C11H13ClO3S. The molecule has 3 nitrogen and oxygen atoms in total. The summed E-state index contributed by atoms with van der Waals surface area (Å²) >= 11 is 0. The lowest BCUT2D eigenvalue weighted by Crippen LogP contribution is -2.12. The van der Waals surface area contributed by atoms with Crippen LogP contribution in [-0.2, 0) is 15.5 Å². The Bertz CT molecular complexity index is 535. The van der Waals surface area contributed by atoms with Crippen LogP contribution in [0.3, 0.4) is 0 Å². The molecule has 1 aliphatic rings. The van der Waals surface area contributed by atoms with Gasteiger partial charge in [-0.15, -0.1) is 0 Å². The number of ether oxygens (including phenoxy) is 1. The summed E-state index contributed by atoms with van der Waals surface area (Å²) in [6, 6.07) is 1.76. The fourth-order valence-corrected chi connectivity index (χ4v) is 3.86. The number of halogens is 1. The second-order valence-corrected chi connectivity index (χ2v) is 6.52. The van der Waals surface area contributed by atoms with Crippen molar-refractivity contribution in [1.82, 2.24) is 0 Å². The highest BCUT2D eigenvalue weighted by atomic mass is 35.7. The van der Waals surface area contributed by atoms with E-state index < -0.39 is 9.05 Å². The Morgan fingerprint density at radius 1 is 1.38 bits per heavy atom. The molecule has 0 aliphatic carbocycles. The average Bonchev–Trinajstić information content (AvgIpc) is 2.15. The van der Waals surface area contributed by atoms with Crippen LogP contribution in [0.2, 0.25) is 0 Å². The number of aryl methyl sites for hydroxylation is 1. The van der Waals surface area contributed by atoms with E-state index in [9.17, 15) is 8.42 Å². The Balaban J connectivity index is 2.73. The molecule has 0 N–H and O–H groups in total. The summed E-state index contributed by atoms with van der Waals surface area (Å²) in [6.07, 6.45) is 1.76. The summed E-state index contributed by atoms with van der Waals surface area (Å²) in [5, 5.41) is 0. The van der Waals surface area contributed by atoms with Gasteiger partial charge in [-0.25, -0.2) is 8.42 Å². The molecule has 0 bridgehead atoms. The minimum atomic E-state index is -3.68. The molecule has 0 saturated carbocycles. The maximum atomic E-state index is 11.5. The van der Waals surface area contributed by atoms with Gasteiger partial charge in [0.25, 0.3) is 9.05 Å². The summed E-state index contributed by atoms with van der Waals surface area (Å²) in [4.78, 5) is 0.235. The number of hydrogen-bond acceptors (Lipinski definition) is 3. The van der Waals surface area contributed by atoms with Crippen LogP contribution in [0.4, 0.5) is 0 Å². The van der Waals surface area contributed by atoms with Crippen molar-refractivity contribution in [1.29, 1.82) is 0 Å². The molecule has 2 rings (SSSR count). The molecule has 0 unspecified atom stereocenters. The zero-order chi connectivity index (χ0) is 11.9. The van der Waals surface area contributed by atoms with Gasteiger partial charge in [-0.1, -0.05) is 0 Å². The summed E-state index contributed by atoms with van der Waals surface area (Å²) < 4.78 is 28.5. The third kappa shape index (κ3) is 1.92. The lowest BCUT2D eigenvalue weighted by Gasteiger charge is -2.21. The third-order valence-corrected chi connectivity index (χ3v) is 4.45. The molecule has 0 radical (unpaired) electrons. The molecule has 16 heavy (non-hydrogen) atoms. The summed E-state index contributed by atoms with van der Waals surface area (Å²) in [5.41, 5.74) is 2.34. The van der Waals surface area contributed by atoms with Gasteiger partial charge in [-0.2, -0.15) is 0 Å². The molecule has 0 aromatic heterocycles. The third-order valence-electron chi connectivity index (χ3n) is 2.87. The minimum absolute atomic E-state index is 0.235. The standard InChI is InChI=1S/C11H13ClO3S/c1-7-6-10-9(4-3-5-15-10)8(2)11(7)16(12,13)14/h6H,3-5H2,1-2H3. The fourth-order valence-electron chi connectivity index (χ4n) is 2.21. The molecule has 1 aromatic rings. The lowest BCUT2D eigenvalue weighted by molar-refractivity contribution is 0.287. The highest BCUT2D eigenvalue weighted by Gasteiger charge is 2.23. The Kier molecular flexibility index (Phi) is 2.88. The molecule has 5 heteroatoms. The predicted molar refractivity (Wildman–Crippen MR) is 62.8 cm³/mol. The lowest BCUT2D eigenvalue weighted by atomic mass is 9.98. The zero-order valence-electron chi connectivity index (χ0n) is 9.21. The van der Waals surface area contributed by atoms with Crippen molar-refractivity contribution >= 4 is 19.7 Å². The predicted octanol–water partition coefficient (Wildman–Crippen LogP) is 2.56. The van der Waals surface area contributed by atoms with E-state index in [1.165, 1.54) is 0 Å². The van der Waals surface area contributed by atoms with Crippen molar-refractivity contribution in [2.45, 2.75) is 31.6 Å². The highest BCUT2D eigenvalue weighted by Crippen LogP contribution is 2.35. The molecule has 0 saturated heterocycles.